The van der Waals surface area contributed by atoms with Gasteiger partial charge in [-0.05, 0) is 48.9 Å². The van der Waals surface area contributed by atoms with Gasteiger partial charge >= 0.3 is 0 Å². The van der Waals surface area contributed by atoms with Crippen molar-refractivity contribution in [1.29, 1.82) is 0 Å². The van der Waals surface area contributed by atoms with E-state index in [9.17, 15) is 4.79 Å². The van der Waals surface area contributed by atoms with Crippen LogP contribution in [0.15, 0.2) is 83.3 Å². The van der Waals surface area contributed by atoms with Gasteiger partial charge in [-0.25, -0.2) is 4.98 Å². The maximum Gasteiger partial charge on any atom is 0.256 e. The van der Waals surface area contributed by atoms with Gasteiger partial charge in [-0.2, -0.15) is 0 Å². The van der Waals surface area contributed by atoms with E-state index in [1.54, 1.807) is 0 Å². The number of para-hydroxylation sites is 1. The van der Waals surface area contributed by atoms with Crippen molar-refractivity contribution in [2.45, 2.75) is 6.92 Å². The van der Waals surface area contributed by atoms with Crippen molar-refractivity contribution in [2.24, 2.45) is 0 Å². The minimum Gasteiger partial charge on any atom is -0.322 e. The third kappa shape index (κ3) is 3.62. The van der Waals surface area contributed by atoms with Gasteiger partial charge in [0.2, 0.25) is 0 Å². The van der Waals surface area contributed by atoms with Gasteiger partial charge in [-0.1, -0.05) is 58.4 Å². The van der Waals surface area contributed by atoms with Crippen molar-refractivity contribution in [1.82, 2.24) is 4.98 Å². The summed E-state index contributed by atoms with van der Waals surface area (Å²) in [5.41, 5.74) is 5.12. The standard InChI is InChI=1S/C23H17BrN2O/c1-15-6-2-3-7-18(15)22-14-20(19-8-4-5-9-21(19)26-22)23(27)25-17-12-10-16(24)11-13-17/h2-14H,1H3,(H,25,27). The molecular weight excluding hydrogens is 400 g/mol. The average Bonchev–Trinajstić information content (AvgIpc) is 2.69. The molecule has 4 heteroatoms. The molecule has 132 valence electrons. The highest BCUT2D eigenvalue weighted by Gasteiger charge is 2.15. The van der Waals surface area contributed by atoms with Crippen molar-refractivity contribution in [2.75, 3.05) is 5.32 Å². The second kappa shape index (κ2) is 7.33. The normalized spacial score (nSPS) is 10.7. The molecule has 0 saturated carbocycles. The molecule has 0 aliphatic heterocycles. The van der Waals surface area contributed by atoms with Crippen LogP contribution in [0.1, 0.15) is 15.9 Å². The molecule has 1 amide bonds. The molecule has 0 unspecified atom stereocenters. The van der Waals surface area contributed by atoms with E-state index < -0.39 is 0 Å². The molecule has 0 saturated heterocycles. The number of benzene rings is 3. The molecule has 0 bridgehead atoms. The topological polar surface area (TPSA) is 42.0 Å². The quantitative estimate of drug-likeness (QED) is 0.430. The number of aromatic nitrogens is 1. The maximum atomic E-state index is 13.0. The highest BCUT2D eigenvalue weighted by molar-refractivity contribution is 9.10. The van der Waals surface area contributed by atoms with Crippen LogP contribution in [0.4, 0.5) is 5.69 Å². The van der Waals surface area contributed by atoms with Crippen molar-refractivity contribution >= 4 is 38.4 Å². The van der Waals surface area contributed by atoms with E-state index >= 15 is 0 Å². The molecular formula is C23H17BrN2O. The number of pyridine rings is 1. The third-order valence-electron chi connectivity index (χ3n) is 4.48. The fourth-order valence-corrected chi connectivity index (χ4v) is 3.36. The minimum absolute atomic E-state index is 0.147. The second-order valence-electron chi connectivity index (χ2n) is 6.35. The zero-order valence-corrected chi connectivity index (χ0v) is 16.3. The van der Waals surface area contributed by atoms with Crippen LogP contribution in [0.25, 0.3) is 22.2 Å². The van der Waals surface area contributed by atoms with E-state index in [1.807, 2.05) is 85.8 Å². The summed E-state index contributed by atoms with van der Waals surface area (Å²) < 4.78 is 0.969. The van der Waals surface area contributed by atoms with E-state index in [1.165, 1.54) is 0 Å². The van der Waals surface area contributed by atoms with Gasteiger partial charge in [0, 0.05) is 21.1 Å². The summed E-state index contributed by atoms with van der Waals surface area (Å²) in [6.45, 7) is 2.05. The highest BCUT2D eigenvalue weighted by atomic mass is 79.9. The number of fused-ring (bicyclic) bond motifs is 1. The molecule has 0 spiro atoms. The molecule has 0 radical (unpaired) electrons. The highest BCUT2D eigenvalue weighted by Crippen LogP contribution is 2.27. The van der Waals surface area contributed by atoms with Gasteiger partial charge in [-0.3, -0.25) is 4.79 Å². The molecule has 1 N–H and O–H groups in total. The van der Waals surface area contributed by atoms with Crippen molar-refractivity contribution in [3.05, 3.63) is 94.5 Å². The first-order chi connectivity index (χ1) is 13.1. The van der Waals surface area contributed by atoms with Crippen molar-refractivity contribution < 1.29 is 4.79 Å². The number of nitrogens with one attached hydrogen (secondary N) is 1. The smallest absolute Gasteiger partial charge is 0.256 e. The number of halogens is 1. The first-order valence-electron chi connectivity index (χ1n) is 8.64. The summed E-state index contributed by atoms with van der Waals surface area (Å²) >= 11 is 3.41. The Morgan fingerprint density at radius 2 is 1.63 bits per heavy atom. The number of hydrogen-bond donors (Lipinski definition) is 1. The molecule has 0 aliphatic rings. The van der Waals surface area contributed by atoms with Crippen LogP contribution in [-0.2, 0) is 0 Å². The lowest BCUT2D eigenvalue weighted by Crippen LogP contribution is -2.13. The lowest BCUT2D eigenvalue weighted by atomic mass is 10.0. The first kappa shape index (κ1) is 17.4. The second-order valence-corrected chi connectivity index (χ2v) is 7.26. The largest absolute Gasteiger partial charge is 0.322 e. The Morgan fingerprint density at radius 1 is 0.926 bits per heavy atom. The molecule has 4 aromatic rings. The summed E-state index contributed by atoms with van der Waals surface area (Å²) in [5, 5.41) is 3.82. The minimum atomic E-state index is -0.147. The number of amides is 1. The Labute approximate surface area is 166 Å². The third-order valence-corrected chi connectivity index (χ3v) is 5.01. The Hall–Kier alpha value is -2.98. The molecule has 1 heterocycles. The van der Waals surface area contributed by atoms with Gasteiger partial charge in [0.25, 0.3) is 5.91 Å². The van der Waals surface area contributed by atoms with Gasteiger partial charge in [0.1, 0.15) is 0 Å². The van der Waals surface area contributed by atoms with Crippen molar-refractivity contribution in [3.63, 3.8) is 0 Å². The van der Waals surface area contributed by atoms with Gasteiger partial charge in [0.15, 0.2) is 0 Å². The number of anilines is 1. The van der Waals surface area contributed by atoms with Gasteiger partial charge in [0.05, 0.1) is 16.8 Å². The van der Waals surface area contributed by atoms with E-state index in [0.717, 1.165) is 37.9 Å². The Bertz CT molecular complexity index is 1140. The first-order valence-corrected chi connectivity index (χ1v) is 9.44. The summed E-state index contributed by atoms with van der Waals surface area (Å²) in [5.74, 6) is -0.147. The number of aryl methyl sites for hydroxylation is 1. The molecule has 0 aliphatic carbocycles. The predicted octanol–water partition coefficient (Wildman–Crippen LogP) is 6.23. The Kier molecular flexibility index (Phi) is 4.73. The fraction of sp³-hybridized carbons (Fsp3) is 0.0435. The number of nitrogens with zero attached hydrogens (tertiary/aromatic N) is 1. The maximum absolute atomic E-state index is 13.0. The zero-order chi connectivity index (χ0) is 18.8. The molecule has 27 heavy (non-hydrogen) atoms. The summed E-state index contributed by atoms with van der Waals surface area (Å²) in [6.07, 6.45) is 0. The SMILES string of the molecule is Cc1ccccc1-c1cc(C(=O)Nc2ccc(Br)cc2)c2ccccc2n1. The lowest BCUT2D eigenvalue weighted by Gasteiger charge is -2.12. The molecule has 3 nitrogen and oxygen atoms in total. The number of hydrogen-bond acceptors (Lipinski definition) is 2. The van der Waals surface area contributed by atoms with Crippen LogP contribution in [0.2, 0.25) is 0 Å². The summed E-state index contributed by atoms with van der Waals surface area (Å²) in [4.78, 5) is 17.8. The van der Waals surface area contributed by atoms with E-state index in [-0.39, 0.29) is 5.91 Å². The van der Waals surface area contributed by atoms with Crippen LogP contribution in [-0.4, -0.2) is 10.9 Å². The average molecular weight is 417 g/mol. The molecule has 0 atom stereocenters. The van der Waals surface area contributed by atoms with Gasteiger partial charge in [-0.15, -0.1) is 0 Å². The van der Waals surface area contributed by atoms with Crippen LogP contribution < -0.4 is 5.32 Å². The Balaban J connectivity index is 1.82. The fourth-order valence-electron chi connectivity index (χ4n) is 3.09. The van der Waals surface area contributed by atoms with Crippen LogP contribution >= 0.6 is 15.9 Å². The van der Waals surface area contributed by atoms with E-state index in [0.29, 0.717) is 5.56 Å². The monoisotopic (exact) mass is 416 g/mol. The summed E-state index contributed by atoms with van der Waals surface area (Å²) in [6, 6.07) is 25.2. The number of rotatable bonds is 3. The Morgan fingerprint density at radius 3 is 2.41 bits per heavy atom. The van der Waals surface area contributed by atoms with Crippen LogP contribution in [0.5, 0.6) is 0 Å². The van der Waals surface area contributed by atoms with E-state index in [4.69, 9.17) is 4.98 Å². The number of carbonyl (C=O) groups excluding carboxylic acids is 1. The molecule has 4 rings (SSSR count). The van der Waals surface area contributed by atoms with Crippen LogP contribution in [0, 0.1) is 6.92 Å². The summed E-state index contributed by atoms with van der Waals surface area (Å²) in [7, 11) is 0. The van der Waals surface area contributed by atoms with Crippen LogP contribution in [0.3, 0.4) is 0 Å². The lowest BCUT2D eigenvalue weighted by molar-refractivity contribution is 0.102. The van der Waals surface area contributed by atoms with E-state index in [2.05, 4.69) is 21.2 Å². The predicted molar refractivity (Wildman–Crippen MR) is 114 cm³/mol. The zero-order valence-electron chi connectivity index (χ0n) is 14.7. The molecule has 1 aromatic heterocycles. The van der Waals surface area contributed by atoms with Crippen molar-refractivity contribution in [3.8, 4) is 11.3 Å². The van der Waals surface area contributed by atoms with Gasteiger partial charge < -0.3 is 5.32 Å². The molecule has 3 aromatic carbocycles. The number of carbonyl (C=O) groups is 1. The molecule has 0 fully saturated rings.